The maximum atomic E-state index is 11.3. The van der Waals surface area contributed by atoms with Crippen LogP contribution in [0.2, 0.25) is 0 Å². The number of hydrogen-bond donors (Lipinski definition) is 1. The van der Waals surface area contributed by atoms with Crippen molar-refractivity contribution >= 4 is 11.6 Å². The standard InChI is InChI=1S/C15H14N2O3/c1-10(15(16)18)13-9-12(7-8-14(13)17(19)20)11-5-3-2-4-6-11/h2-10H,1H3,(H2,16,18). The second kappa shape index (κ2) is 5.52. The van der Waals surface area contributed by atoms with Crippen LogP contribution in [0.3, 0.4) is 0 Å². The molecule has 0 radical (unpaired) electrons. The molecule has 0 spiro atoms. The number of primary amides is 1. The molecule has 0 heterocycles. The Morgan fingerprint density at radius 3 is 2.35 bits per heavy atom. The fourth-order valence-corrected chi connectivity index (χ4v) is 2.03. The fourth-order valence-electron chi connectivity index (χ4n) is 2.03. The van der Waals surface area contributed by atoms with Gasteiger partial charge in [0.2, 0.25) is 5.91 Å². The Morgan fingerprint density at radius 1 is 1.15 bits per heavy atom. The Labute approximate surface area is 116 Å². The highest BCUT2D eigenvalue weighted by atomic mass is 16.6. The lowest BCUT2D eigenvalue weighted by atomic mass is 9.94. The number of nitro groups is 1. The Kier molecular flexibility index (Phi) is 3.79. The molecule has 5 heteroatoms. The lowest BCUT2D eigenvalue weighted by Gasteiger charge is -2.10. The highest BCUT2D eigenvalue weighted by molar-refractivity contribution is 5.83. The summed E-state index contributed by atoms with van der Waals surface area (Å²) < 4.78 is 0. The number of rotatable bonds is 4. The third-order valence-electron chi connectivity index (χ3n) is 3.22. The van der Waals surface area contributed by atoms with Crippen LogP contribution in [0.25, 0.3) is 11.1 Å². The Bertz CT molecular complexity index is 653. The van der Waals surface area contributed by atoms with Gasteiger partial charge in [-0.3, -0.25) is 14.9 Å². The summed E-state index contributed by atoms with van der Waals surface area (Å²) in [7, 11) is 0. The van der Waals surface area contributed by atoms with Gasteiger partial charge in [-0.25, -0.2) is 0 Å². The van der Waals surface area contributed by atoms with E-state index in [0.717, 1.165) is 11.1 Å². The van der Waals surface area contributed by atoms with Gasteiger partial charge < -0.3 is 5.73 Å². The minimum Gasteiger partial charge on any atom is -0.369 e. The van der Waals surface area contributed by atoms with Crippen LogP contribution in [-0.2, 0) is 4.79 Å². The van der Waals surface area contributed by atoms with E-state index >= 15 is 0 Å². The van der Waals surface area contributed by atoms with Crippen molar-refractivity contribution in [1.82, 2.24) is 0 Å². The van der Waals surface area contributed by atoms with Crippen LogP contribution in [-0.4, -0.2) is 10.8 Å². The lowest BCUT2D eigenvalue weighted by Crippen LogP contribution is -2.19. The lowest BCUT2D eigenvalue weighted by molar-refractivity contribution is -0.385. The minimum absolute atomic E-state index is 0.0871. The van der Waals surface area contributed by atoms with Crippen molar-refractivity contribution in [1.29, 1.82) is 0 Å². The molecule has 0 aliphatic rings. The number of nitrogens with two attached hydrogens (primary N) is 1. The largest absolute Gasteiger partial charge is 0.369 e. The normalized spacial score (nSPS) is 11.8. The van der Waals surface area contributed by atoms with E-state index in [9.17, 15) is 14.9 Å². The summed E-state index contributed by atoms with van der Waals surface area (Å²) in [6.45, 7) is 1.57. The molecule has 0 saturated carbocycles. The minimum atomic E-state index is -0.709. The third kappa shape index (κ3) is 2.66. The molecule has 2 N–H and O–H groups in total. The summed E-state index contributed by atoms with van der Waals surface area (Å²) in [6, 6.07) is 14.2. The average molecular weight is 270 g/mol. The van der Waals surface area contributed by atoms with Crippen molar-refractivity contribution in [2.24, 2.45) is 5.73 Å². The van der Waals surface area contributed by atoms with E-state index in [1.165, 1.54) is 6.07 Å². The molecule has 20 heavy (non-hydrogen) atoms. The smallest absolute Gasteiger partial charge is 0.273 e. The number of benzene rings is 2. The van der Waals surface area contributed by atoms with Crippen molar-refractivity contribution in [3.63, 3.8) is 0 Å². The van der Waals surface area contributed by atoms with E-state index in [0.29, 0.717) is 5.56 Å². The molecular formula is C15H14N2O3. The van der Waals surface area contributed by atoms with Crippen LogP contribution < -0.4 is 5.73 Å². The second-order valence-corrected chi connectivity index (χ2v) is 4.52. The van der Waals surface area contributed by atoms with Crippen molar-refractivity contribution in [3.05, 3.63) is 64.2 Å². The third-order valence-corrected chi connectivity index (χ3v) is 3.22. The van der Waals surface area contributed by atoms with E-state index in [4.69, 9.17) is 5.73 Å². The first-order valence-electron chi connectivity index (χ1n) is 6.13. The van der Waals surface area contributed by atoms with Crippen molar-refractivity contribution in [2.75, 3.05) is 0 Å². The number of carbonyl (C=O) groups excluding carboxylic acids is 1. The summed E-state index contributed by atoms with van der Waals surface area (Å²) >= 11 is 0. The molecule has 2 aromatic rings. The summed E-state index contributed by atoms with van der Waals surface area (Å²) in [4.78, 5) is 21.9. The summed E-state index contributed by atoms with van der Waals surface area (Å²) in [5, 5.41) is 11.1. The number of carbonyl (C=O) groups is 1. The van der Waals surface area contributed by atoms with E-state index in [-0.39, 0.29) is 5.69 Å². The molecule has 5 nitrogen and oxygen atoms in total. The van der Waals surface area contributed by atoms with Crippen molar-refractivity contribution in [2.45, 2.75) is 12.8 Å². The predicted octanol–water partition coefficient (Wildman–Crippen LogP) is 2.85. The first-order valence-corrected chi connectivity index (χ1v) is 6.13. The summed E-state index contributed by atoms with van der Waals surface area (Å²) in [6.07, 6.45) is 0. The van der Waals surface area contributed by atoms with Crippen molar-refractivity contribution in [3.8, 4) is 11.1 Å². The van der Waals surface area contributed by atoms with E-state index in [1.807, 2.05) is 30.3 Å². The van der Waals surface area contributed by atoms with Crippen LogP contribution in [0.1, 0.15) is 18.4 Å². The quantitative estimate of drug-likeness (QED) is 0.684. The number of nitrogens with zero attached hydrogens (tertiary/aromatic N) is 1. The summed E-state index contributed by atoms with van der Waals surface area (Å²) in [5.74, 6) is -1.29. The van der Waals surface area contributed by atoms with Gasteiger partial charge in [0.05, 0.1) is 10.8 Å². The molecular weight excluding hydrogens is 256 g/mol. The second-order valence-electron chi connectivity index (χ2n) is 4.52. The maximum Gasteiger partial charge on any atom is 0.273 e. The zero-order chi connectivity index (χ0) is 14.7. The number of amides is 1. The van der Waals surface area contributed by atoms with Gasteiger partial charge in [0.1, 0.15) is 0 Å². The molecule has 0 saturated heterocycles. The molecule has 1 amide bonds. The van der Waals surface area contributed by atoms with Crippen molar-refractivity contribution < 1.29 is 9.72 Å². The Morgan fingerprint density at radius 2 is 1.80 bits per heavy atom. The van der Waals surface area contributed by atoms with Gasteiger partial charge in [-0.15, -0.1) is 0 Å². The monoisotopic (exact) mass is 270 g/mol. The maximum absolute atomic E-state index is 11.3. The van der Waals surface area contributed by atoms with Crippen LogP contribution in [0.4, 0.5) is 5.69 Å². The summed E-state index contributed by atoms with van der Waals surface area (Å²) in [5.41, 5.74) is 7.26. The molecule has 0 aliphatic heterocycles. The number of hydrogen-bond acceptors (Lipinski definition) is 3. The van der Waals surface area contributed by atoms with Crippen LogP contribution in [0.15, 0.2) is 48.5 Å². The van der Waals surface area contributed by atoms with Gasteiger partial charge in [-0.1, -0.05) is 30.3 Å². The van der Waals surface area contributed by atoms with Gasteiger partial charge in [0, 0.05) is 11.6 Å². The molecule has 0 aliphatic carbocycles. The molecule has 0 fully saturated rings. The van der Waals surface area contributed by atoms with Gasteiger partial charge in [-0.05, 0) is 30.2 Å². The SMILES string of the molecule is CC(C(N)=O)c1cc(-c2ccccc2)ccc1[N+](=O)[O-]. The van der Waals surface area contributed by atoms with Gasteiger partial charge >= 0.3 is 0 Å². The Balaban J connectivity index is 2.57. The van der Waals surface area contributed by atoms with Crippen LogP contribution >= 0.6 is 0 Å². The van der Waals surface area contributed by atoms with Gasteiger partial charge in [-0.2, -0.15) is 0 Å². The molecule has 1 unspecified atom stereocenters. The van der Waals surface area contributed by atoms with Crippen LogP contribution in [0, 0.1) is 10.1 Å². The highest BCUT2D eigenvalue weighted by Gasteiger charge is 2.23. The average Bonchev–Trinajstić information content (AvgIpc) is 2.46. The molecule has 0 aromatic heterocycles. The number of nitro benzene ring substituents is 1. The topological polar surface area (TPSA) is 86.2 Å². The first-order chi connectivity index (χ1) is 9.50. The fraction of sp³-hybridized carbons (Fsp3) is 0.133. The van der Waals surface area contributed by atoms with E-state index < -0.39 is 16.7 Å². The first kappa shape index (κ1) is 13.7. The molecule has 2 aromatic carbocycles. The highest BCUT2D eigenvalue weighted by Crippen LogP contribution is 2.31. The molecule has 102 valence electrons. The zero-order valence-electron chi connectivity index (χ0n) is 10.9. The van der Waals surface area contributed by atoms with E-state index in [2.05, 4.69) is 0 Å². The van der Waals surface area contributed by atoms with Gasteiger partial charge in [0.15, 0.2) is 0 Å². The molecule has 1 atom stereocenters. The Hall–Kier alpha value is -2.69. The van der Waals surface area contributed by atoms with Gasteiger partial charge in [0.25, 0.3) is 5.69 Å². The predicted molar refractivity (Wildman–Crippen MR) is 76.1 cm³/mol. The van der Waals surface area contributed by atoms with Crippen LogP contribution in [0.5, 0.6) is 0 Å². The van der Waals surface area contributed by atoms with E-state index in [1.54, 1.807) is 19.1 Å². The zero-order valence-corrected chi connectivity index (χ0v) is 10.9. The molecule has 2 rings (SSSR count). The molecule has 0 bridgehead atoms.